The second-order valence-electron chi connectivity index (χ2n) is 9.26. The van der Waals surface area contributed by atoms with Crippen LogP contribution in [0.3, 0.4) is 0 Å². The number of anilines is 1. The van der Waals surface area contributed by atoms with Crippen molar-refractivity contribution in [2.24, 2.45) is 5.92 Å². The Kier molecular flexibility index (Phi) is 4.99. The molecule has 0 aliphatic heterocycles. The zero-order valence-corrected chi connectivity index (χ0v) is 19.8. The van der Waals surface area contributed by atoms with Gasteiger partial charge < -0.3 is 10.3 Å². The summed E-state index contributed by atoms with van der Waals surface area (Å²) in [7, 11) is 0. The van der Waals surface area contributed by atoms with E-state index < -0.39 is 0 Å². The summed E-state index contributed by atoms with van der Waals surface area (Å²) in [5.41, 5.74) is 7.91. The molecule has 1 amide bonds. The molecule has 9 heteroatoms. The van der Waals surface area contributed by atoms with Gasteiger partial charge in [-0.2, -0.15) is 5.10 Å². The highest BCUT2D eigenvalue weighted by molar-refractivity contribution is 5.98. The summed E-state index contributed by atoms with van der Waals surface area (Å²) in [6.45, 7) is 0. The fourth-order valence-corrected chi connectivity index (χ4v) is 4.71. The van der Waals surface area contributed by atoms with Gasteiger partial charge in [0.05, 0.1) is 34.5 Å². The third-order valence-electron chi connectivity index (χ3n) is 6.91. The van der Waals surface area contributed by atoms with Crippen LogP contribution in [0.5, 0.6) is 0 Å². The molecule has 180 valence electrons. The molecular weight excluding hydrogens is 464 g/mol. The van der Waals surface area contributed by atoms with E-state index >= 15 is 0 Å². The summed E-state index contributed by atoms with van der Waals surface area (Å²) < 4.78 is 0. The van der Waals surface area contributed by atoms with Crippen LogP contribution in [0.15, 0.2) is 73.3 Å². The number of nitrogens with one attached hydrogen (secondary N) is 3. The second kappa shape index (κ2) is 8.63. The summed E-state index contributed by atoms with van der Waals surface area (Å²) in [5, 5.41) is 11.6. The van der Waals surface area contributed by atoms with Crippen molar-refractivity contribution in [3.8, 4) is 33.9 Å². The van der Waals surface area contributed by atoms with E-state index in [9.17, 15) is 4.79 Å². The van der Waals surface area contributed by atoms with Crippen LogP contribution in [0.2, 0.25) is 0 Å². The number of carbonyl (C=O) groups is 1. The Morgan fingerprint density at radius 3 is 2.76 bits per heavy atom. The maximum absolute atomic E-state index is 12.4. The van der Waals surface area contributed by atoms with Gasteiger partial charge in [-0.05, 0) is 55.3 Å². The van der Waals surface area contributed by atoms with Crippen molar-refractivity contribution in [2.75, 3.05) is 5.32 Å². The van der Waals surface area contributed by atoms with Gasteiger partial charge in [0.1, 0.15) is 16.9 Å². The quantitative estimate of drug-likeness (QED) is 0.301. The maximum atomic E-state index is 12.4. The van der Waals surface area contributed by atoms with Crippen LogP contribution in [0.1, 0.15) is 19.3 Å². The summed E-state index contributed by atoms with van der Waals surface area (Å²) in [6.07, 6.45) is 9.99. The molecule has 6 heterocycles. The van der Waals surface area contributed by atoms with Crippen molar-refractivity contribution in [3.05, 3.63) is 73.3 Å². The van der Waals surface area contributed by atoms with Gasteiger partial charge in [-0.3, -0.25) is 19.9 Å². The van der Waals surface area contributed by atoms with Gasteiger partial charge in [-0.25, -0.2) is 9.97 Å². The van der Waals surface area contributed by atoms with Crippen LogP contribution in [-0.4, -0.2) is 41.0 Å². The highest BCUT2D eigenvalue weighted by Crippen LogP contribution is 2.33. The summed E-state index contributed by atoms with van der Waals surface area (Å²) in [4.78, 5) is 34.0. The molecule has 0 bridgehead atoms. The largest absolute Gasteiger partial charge is 0.338 e. The number of H-pyrrole nitrogens is 2. The minimum atomic E-state index is 0.0585. The number of aromatic amines is 2. The average Bonchev–Trinajstić information content (AvgIpc) is 3.52. The lowest BCUT2D eigenvalue weighted by Crippen LogP contribution is -2.28. The monoisotopic (exact) mass is 486 g/mol. The lowest BCUT2D eigenvalue weighted by atomic mass is 9.85. The lowest BCUT2D eigenvalue weighted by Gasteiger charge is -2.24. The number of carbonyl (C=O) groups excluding carboxylic acids is 1. The highest BCUT2D eigenvalue weighted by atomic mass is 16.1. The Balaban J connectivity index is 1.26. The minimum absolute atomic E-state index is 0.0585. The zero-order valence-electron chi connectivity index (χ0n) is 19.8. The van der Waals surface area contributed by atoms with Gasteiger partial charge in [0.25, 0.3) is 0 Å². The number of aromatic nitrogens is 7. The molecule has 3 N–H and O–H groups in total. The van der Waals surface area contributed by atoms with Gasteiger partial charge in [0.15, 0.2) is 0 Å². The van der Waals surface area contributed by atoms with Crippen molar-refractivity contribution < 1.29 is 4.79 Å². The molecular formula is C28H22N8O. The Labute approximate surface area is 211 Å². The SMILES string of the molecule is O=C(Nc1cncc(-c2ccc3[nH]nc(-c4cc5c(-c6ccccn6)ccnc5[nH]4)c3n2)c1)C1CCC1. The van der Waals surface area contributed by atoms with Crippen molar-refractivity contribution in [2.45, 2.75) is 19.3 Å². The van der Waals surface area contributed by atoms with E-state index in [1.54, 1.807) is 24.8 Å². The van der Waals surface area contributed by atoms with E-state index in [1.807, 2.05) is 48.5 Å². The first-order chi connectivity index (χ1) is 18.2. The van der Waals surface area contributed by atoms with E-state index in [0.29, 0.717) is 11.4 Å². The molecule has 0 radical (unpaired) electrons. The molecule has 0 aromatic carbocycles. The summed E-state index contributed by atoms with van der Waals surface area (Å²) in [5.74, 6) is 0.166. The molecule has 37 heavy (non-hydrogen) atoms. The van der Waals surface area contributed by atoms with Gasteiger partial charge in [0, 0.05) is 41.0 Å². The zero-order chi connectivity index (χ0) is 24.8. The number of nitrogens with zero attached hydrogens (tertiary/aromatic N) is 5. The molecule has 1 fully saturated rings. The first kappa shape index (κ1) is 21.4. The number of fused-ring (bicyclic) bond motifs is 2. The molecule has 6 aromatic rings. The predicted molar refractivity (Wildman–Crippen MR) is 141 cm³/mol. The minimum Gasteiger partial charge on any atom is -0.338 e. The van der Waals surface area contributed by atoms with E-state index in [2.05, 4.69) is 35.5 Å². The lowest BCUT2D eigenvalue weighted by molar-refractivity contribution is -0.122. The molecule has 1 aliphatic rings. The van der Waals surface area contributed by atoms with Crippen molar-refractivity contribution >= 4 is 33.7 Å². The van der Waals surface area contributed by atoms with Crippen molar-refractivity contribution in [1.29, 1.82) is 0 Å². The molecule has 1 aliphatic carbocycles. The molecule has 9 nitrogen and oxygen atoms in total. The number of hydrogen-bond donors (Lipinski definition) is 3. The van der Waals surface area contributed by atoms with Crippen molar-refractivity contribution in [3.63, 3.8) is 0 Å². The van der Waals surface area contributed by atoms with Gasteiger partial charge in [-0.15, -0.1) is 0 Å². The number of hydrogen-bond acceptors (Lipinski definition) is 6. The molecule has 0 spiro atoms. The molecule has 6 aromatic heterocycles. The van der Waals surface area contributed by atoms with Crippen LogP contribution in [-0.2, 0) is 4.79 Å². The highest BCUT2D eigenvalue weighted by Gasteiger charge is 2.25. The first-order valence-electron chi connectivity index (χ1n) is 12.2. The third kappa shape index (κ3) is 3.81. The van der Waals surface area contributed by atoms with Gasteiger partial charge in [-0.1, -0.05) is 12.5 Å². The molecule has 0 unspecified atom stereocenters. The first-order valence-corrected chi connectivity index (χ1v) is 12.2. The number of pyridine rings is 4. The van der Waals surface area contributed by atoms with E-state index in [0.717, 1.165) is 69.5 Å². The number of amides is 1. The summed E-state index contributed by atoms with van der Waals surface area (Å²) >= 11 is 0. The fourth-order valence-electron chi connectivity index (χ4n) is 4.71. The fraction of sp³-hybridized carbons (Fsp3) is 0.143. The normalized spacial score (nSPS) is 13.6. The smallest absolute Gasteiger partial charge is 0.227 e. The second-order valence-corrected chi connectivity index (χ2v) is 9.26. The third-order valence-corrected chi connectivity index (χ3v) is 6.91. The molecule has 0 atom stereocenters. The Bertz CT molecular complexity index is 1770. The topological polar surface area (TPSA) is 125 Å². The predicted octanol–water partition coefficient (Wildman–Crippen LogP) is 5.36. The van der Waals surface area contributed by atoms with Crippen molar-refractivity contribution in [1.82, 2.24) is 35.1 Å². The maximum Gasteiger partial charge on any atom is 0.227 e. The Hall–Kier alpha value is -4.92. The van der Waals surface area contributed by atoms with Gasteiger partial charge in [0.2, 0.25) is 5.91 Å². The summed E-state index contributed by atoms with van der Waals surface area (Å²) in [6, 6.07) is 15.6. The van der Waals surface area contributed by atoms with Gasteiger partial charge >= 0.3 is 0 Å². The van der Waals surface area contributed by atoms with Crippen LogP contribution in [0.25, 0.3) is 56.0 Å². The van der Waals surface area contributed by atoms with E-state index in [1.165, 1.54) is 0 Å². The number of rotatable bonds is 5. The molecule has 7 rings (SSSR count). The van der Waals surface area contributed by atoms with Crippen LogP contribution < -0.4 is 5.32 Å². The molecule has 1 saturated carbocycles. The molecule has 0 saturated heterocycles. The average molecular weight is 487 g/mol. The Morgan fingerprint density at radius 1 is 0.973 bits per heavy atom. The van der Waals surface area contributed by atoms with Crippen LogP contribution in [0.4, 0.5) is 5.69 Å². The van der Waals surface area contributed by atoms with E-state index in [-0.39, 0.29) is 11.8 Å². The standard InChI is InChI=1S/C28H22N8O/c37-28(16-4-3-5-16)32-18-12-17(14-29-15-18)21-7-8-23-25(33-21)26(36-35-23)24-13-20-19(9-11-31-27(20)34-24)22-6-1-2-10-30-22/h1-2,6-16H,3-5H2,(H,31,34)(H,32,37)(H,35,36). The van der Waals surface area contributed by atoms with Crippen LogP contribution in [0, 0.1) is 5.92 Å². The Morgan fingerprint density at radius 2 is 1.92 bits per heavy atom. The van der Waals surface area contributed by atoms with Crippen LogP contribution >= 0.6 is 0 Å². The van der Waals surface area contributed by atoms with E-state index in [4.69, 9.17) is 4.98 Å².